The Hall–Kier alpha value is -1.85. The Morgan fingerprint density at radius 3 is 2.52 bits per heavy atom. The van der Waals surface area contributed by atoms with Gasteiger partial charge in [-0.25, -0.2) is 4.79 Å². The first-order valence-corrected chi connectivity index (χ1v) is 7.72. The smallest absolute Gasteiger partial charge is 0.329 e. The van der Waals surface area contributed by atoms with Crippen LogP contribution < -0.4 is 5.32 Å². The molecular weight excluding hydrogens is 270 g/mol. The van der Waals surface area contributed by atoms with Crippen molar-refractivity contribution in [3.05, 3.63) is 18.0 Å². The van der Waals surface area contributed by atoms with Gasteiger partial charge < -0.3 is 10.4 Å². The molecule has 114 valence electrons. The Labute approximate surface area is 123 Å². The molecule has 0 unspecified atom stereocenters. The molecule has 2 N–H and O–H groups in total. The highest BCUT2D eigenvalue weighted by molar-refractivity contribution is 5.96. The van der Waals surface area contributed by atoms with E-state index >= 15 is 0 Å². The third-order valence-electron chi connectivity index (χ3n) is 4.79. The van der Waals surface area contributed by atoms with Gasteiger partial charge in [0, 0.05) is 6.20 Å². The Kier molecular flexibility index (Phi) is 3.69. The number of amides is 1. The second-order valence-electron chi connectivity index (χ2n) is 6.15. The third kappa shape index (κ3) is 2.54. The molecule has 2 aliphatic carbocycles. The molecule has 3 rings (SSSR count). The van der Waals surface area contributed by atoms with Crippen molar-refractivity contribution in [1.82, 2.24) is 15.1 Å². The topological polar surface area (TPSA) is 84.2 Å². The zero-order valence-electron chi connectivity index (χ0n) is 12.0. The van der Waals surface area contributed by atoms with Crippen LogP contribution in [0.25, 0.3) is 0 Å². The van der Waals surface area contributed by atoms with E-state index in [1.807, 2.05) is 0 Å². The fraction of sp³-hybridized carbons (Fsp3) is 0.667. The fourth-order valence-electron chi connectivity index (χ4n) is 3.59. The quantitative estimate of drug-likeness (QED) is 0.890. The second-order valence-corrected chi connectivity index (χ2v) is 6.15. The SMILES string of the molecule is O=C(NC1(C(=O)O)CCCC1)c1ccnn1C1CCCC1. The average Bonchev–Trinajstić information content (AvgIpc) is 3.19. The number of rotatable bonds is 4. The van der Waals surface area contributed by atoms with Crippen LogP contribution in [-0.2, 0) is 4.79 Å². The molecule has 1 aromatic rings. The van der Waals surface area contributed by atoms with Crippen molar-refractivity contribution < 1.29 is 14.7 Å². The van der Waals surface area contributed by atoms with Crippen molar-refractivity contribution in [2.45, 2.75) is 62.9 Å². The molecule has 0 saturated heterocycles. The van der Waals surface area contributed by atoms with Gasteiger partial charge in [0.25, 0.3) is 5.91 Å². The summed E-state index contributed by atoms with van der Waals surface area (Å²) < 4.78 is 1.77. The van der Waals surface area contributed by atoms with Crippen LogP contribution in [0, 0.1) is 0 Å². The van der Waals surface area contributed by atoms with Gasteiger partial charge in [-0.2, -0.15) is 5.10 Å². The highest BCUT2D eigenvalue weighted by Gasteiger charge is 2.43. The number of carbonyl (C=O) groups excluding carboxylic acids is 1. The van der Waals surface area contributed by atoms with Gasteiger partial charge in [-0.15, -0.1) is 0 Å². The molecule has 1 amide bonds. The van der Waals surface area contributed by atoms with E-state index in [-0.39, 0.29) is 11.9 Å². The molecule has 0 aromatic carbocycles. The highest BCUT2D eigenvalue weighted by atomic mass is 16.4. The molecule has 0 radical (unpaired) electrons. The third-order valence-corrected chi connectivity index (χ3v) is 4.79. The highest BCUT2D eigenvalue weighted by Crippen LogP contribution is 2.32. The number of nitrogens with one attached hydrogen (secondary N) is 1. The van der Waals surface area contributed by atoms with Crippen LogP contribution in [0.15, 0.2) is 12.3 Å². The number of aliphatic carboxylic acids is 1. The lowest BCUT2D eigenvalue weighted by molar-refractivity contribution is -0.144. The molecule has 1 heterocycles. The maximum Gasteiger partial charge on any atom is 0.329 e. The minimum atomic E-state index is -1.10. The minimum absolute atomic E-state index is 0.269. The fourth-order valence-corrected chi connectivity index (χ4v) is 3.59. The van der Waals surface area contributed by atoms with E-state index in [4.69, 9.17) is 0 Å². The average molecular weight is 291 g/mol. The first-order valence-electron chi connectivity index (χ1n) is 7.72. The largest absolute Gasteiger partial charge is 0.480 e. The van der Waals surface area contributed by atoms with Gasteiger partial charge >= 0.3 is 5.97 Å². The summed E-state index contributed by atoms with van der Waals surface area (Å²) in [4.78, 5) is 24.0. The van der Waals surface area contributed by atoms with Crippen LogP contribution in [-0.4, -0.2) is 32.3 Å². The number of carboxylic acid groups (broad SMARTS) is 1. The standard InChI is InChI=1S/C15H21N3O3/c19-13(17-15(14(20)21)8-3-4-9-15)12-7-10-16-18(12)11-5-1-2-6-11/h7,10-11H,1-6,8-9H2,(H,17,19)(H,20,21). The van der Waals surface area contributed by atoms with Crippen molar-refractivity contribution in [3.63, 3.8) is 0 Å². The van der Waals surface area contributed by atoms with Crippen molar-refractivity contribution in [2.24, 2.45) is 0 Å². The summed E-state index contributed by atoms with van der Waals surface area (Å²) >= 11 is 0. The summed E-state index contributed by atoms with van der Waals surface area (Å²) in [5.74, 6) is -1.25. The van der Waals surface area contributed by atoms with E-state index in [0.717, 1.165) is 38.5 Å². The van der Waals surface area contributed by atoms with Gasteiger partial charge in [-0.3, -0.25) is 9.48 Å². The minimum Gasteiger partial charge on any atom is -0.480 e. The summed E-state index contributed by atoms with van der Waals surface area (Å²) in [6, 6.07) is 1.95. The molecule has 1 aromatic heterocycles. The van der Waals surface area contributed by atoms with Crippen molar-refractivity contribution in [1.29, 1.82) is 0 Å². The van der Waals surface area contributed by atoms with Gasteiger partial charge in [-0.05, 0) is 31.7 Å². The first kappa shape index (κ1) is 14.1. The van der Waals surface area contributed by atoms with Gasteiger partial charge in [0.15, 0.2) is 0 Å². The summed E-state index contributed by atoms with van der Waals surface area (Å²) in [6.45, 7) is 0. The van der Waals surface area contributed by atoms with E-state index in [2.05, 4.69) is 10.4 Å². The van der Waals surface area contributed by atoms with E-state index in [1.54, 1.807) is 16.9 Å². The van der Waals surface area contributed by atoms with Crippen molar-refractivity contribution in [3.8, 4) is 0 Å². The Morgan fingerprint density at radius 1 is 1.24 bits per heavy atom. The molecule has 6 nitrogen and oxygen atoms in total. The van der Waals surface area contributed by atoms with Crippen LogP contribution in [0.2, 0.25) is 0 Å². The number of hydrogen-bond donors (Lipinski definition) is 2. The van der Waals surface area contributed by atoms with E-state index < -0.39 is 11.5 Å². The van der Waals surface area contributed by atoms with Crippen molar-refractivity contribution in [2.75, 3.05) is 0 Å². The number of aromatic nitrogens is 2. The number of carboxylic acids is 1. The van der Waals surface area contributed by atoms with Crippen LogP contribution in [0.5, 0.6) is 0 Å². The van der Waals surface area contributed by atoms with Gasteiger partial charge in [0.05, 0.1) is 6.04 Å². The van der Waals surface area contributed by atoms with E-state index in [9.17, 15) is 14.7 Å². The molecular formula is C15H21N3O3. The Balaban J connectivity index is 1.79. The summed E-state index contributed by atoms with van der Waals surface area (Å²) in [7, 11) is 0. The monoisotopic (exact) mass is 291 g/mol. The summed E-state index contributed by atoms with van der Waals surface area (Å²) in [6.07, 6.45) is 8.70. The zero-order chi connectivity index (χ0) is 14.9. The predicted molar refractivity (Wildman–Crippen MR) is 76.0 cm³/mol. The zero-order valence-corrected chi connectivity index (χ0v) is 12.0. The predicted octanol–water partition coefficient (Wildman–Crippen LogP) is 2.13. The molecule has 0 atom stereocenters. The maximum absolute atomic E-state index is 12.5. The summed E-state index contributed by atoms with van der Waals surface area (Å²) in [5.41, 5.74) is -0.614. The normalized spacial score (nSPS) is 21.5. The lowest BCUT2D eigenvalue weighted by Crippen LogP contribution is -2.52. The number of carbonyl (C=O) groups is 2. The lowest BCUT2D eigenvalue weighted by atomic mass is 9.97. The van der Waals surface area contributed by atoms with Crippen LogP contribution in [0.4, 0.5) is 0 Å². The molecule has 2 saturated carbocycles. The van der Waals surface area contributed by atoms with Gasteiger partial charge in [0.1, 0.15) is 11.2 Å². The molecule has 2 fully saturated rings. The van der Waals surface area contributed by atoms with Crippen LogP contribution >= 0.6 is 0 Å². The van der Waals surface area contributed by atoms with Gasteiger partial charge in [-0.1, -0.05) is 25.7 Å². The molecule has 6 heteroatoms. The molecule has 0 aliphatic heterocycles. The summed E-state index contributed by atoms with van der Waals surface area (Å²) in [5, 5.41) is 16.5. The molecule has 0 spiro atoms. The Bertz CT molecular complexity index is 540. The van der Waals surface area contributed by atoms with Gasteiger partial charge in [0.2, 0.25) is 0 Å². The molecule has 21 heavy (non-hydrogen) atoms. The van der Waals surface area contributed by atoms with E-state index in [0.29, 0.717) is 18.5 Å². The maximum atomic E-state index is 12.5. The second kappa shape index (κ2) is 5.50. The Morgan fingerprint density at radius 2 is 1.90 bits per heavy atom. The lowest BCUT2D eigenvalue weighted by Gasteiger charge is -2.25. The number of nitrogens with zero attached hydrogens (tertiary/aromatic N) is 2. The van der Waals surface area contributed by atoms with E-state index in [1.165, 1.54) is 0 Å². The molecule has 2 aliphatic rings. The van der Waals surface area contributed by atoms with Crippen LogP contribution in [0.1, 0.15) is 67.9 Å². The number of hydrogen-bond acceptors (Lipinski definition) is 3. The van der Waals surface area contributed by atoms with Crippen LogP contribution in [0.3, 0.4) is 0 Å². The molecule has 0 bridgehead atoms. The first-order chi connectivity index (χ1) is 10.1. The van der Waals surface area contributed by atoms with Crippen molar-refractivity contribution >= 4 is 11.9 Å².